The zero-order valence-corrected chi connectivity index (χ0v) is 14.0. The maximum Gasteiger partial charge on any atom is 0.132 e. The second kappa shape index (κ2) is 6.10. The van der Waals surface area contributed by atoms with E-state index in [9.17, 15) is 0 Å². The Bertz CT molecular complexity index is 862. The van der Waals surface area contributed by atoms with E-state index in [-0.39, 0.29) is 0 Å². The van der Waals surface area contributed by atoms with Crippen molar-refractivity contribution in [3.05, 3.63) is 62.7 Å². The van der Waals surface area contributed by atoms with Gasteiger partial charge in [0, 0.05) is 6.20 Å². The summed E-state index contributed by atoms with van der Waals surface area (Å²) in [6.45, 7) is 6.53. The van der Waals surface area contributed by atoms with Crippen molar-refractivity contribution in [1.29, 1.82) is 0 Å². The molecule has 0 N–H and O–H groups in total. The van der Waals surface area contributed by atoms with Crippen LogP contribution in [0.15, 0.2) is 30.5 Å². The van der Waals surface area contributed by atoms with Crippen LogP contribution >= 0.6 is 11.6 Å². The van der Waals surface area contributed by atoms with Gasteiger partial charge in [0.15, 0.2) is 0 Å². The molecule has 1 atom stereocenters. The van der Waals surface area contributed by atoms with Crippen LogP contribution in [0.5, 0.6) is 0 Å². The Kier molecular flexibility index (Phi) is 4.17. The summed E-state index contributed by atoms with van der Waals surface area (Å²) in [5, 5.41) is 3.31. The minimum Gasteiger partial charge on any atom is -0.244 e. The second-order valence-electron chi connectivity index (χ2n) is 6.02. The molecule has 0 spiro atoms. The molecule has 1 unspecified atom stereocenters. The molecule has 0 radical (unpaired) electrons. The van der Waals surface area contributed by atoms with Crippen LogP contribution in [0.3, 0.4) is 0 Å². The molecular weight excluding hydrogens is 290 g/mol. The van der Waals surface area contributed by atoms with E-state index < -0.39 is 0 Å². The normalized spacial score (nSPS) is 17.5. The molecule has 0 amide bonds. The van der Waals surface area contributed by atoms with Gasteiger partial charge in [0.1, 0.15) is 5.15 Å². The van der Waals surface area contributed by atoms with Gasteiger partial charge in [-0.3, -0.25) is 0 Å². The molecule has 1 aromatic carbocycles. The van der Waals surface area contributed by atoms with Crippen molar-refractivity contribution in [2.45, 2.75) is 27.2 Å². The Labute approximate surface area is 136 Å². The van der Waals surface area contributed by atoms with Gasteiger partial charge < -0.3 is 0 Å². The van der Waals surface area contributed by atoms with E-state index in [1.54, 1.807) is 6.20 Å². The summed E-state index contributed by atoms with van der Waals surface area (Å²) < 4.78 is 0. The molecule has 1 heterocycles. The van der Waals surface area contributed by atoms with Crippen LogP contribution in [0, 0.1) is 12.8 Å². The van der Waals surface area contributed by atoms with Crippen molar-refractivity contribution < 1.29 is 0 Å². The number of benzene rings is 1. The Morgan fingerprint density at radius 1 is 1.18 bits per heavy atom. The molecular formula is C20H20ClN. The number of pyridine rings is 1. The third kappa shape index (κ3) is 2.86. The van der Waals surface area contributed by atoms with E-state index in [4.69, 9.17) is 11.6 Å². The third-order valence-corrected chi connectivity index (χ3v) is 4.95. The molecule has 3 rings (SSSR count). The quantitative estimate of drug-likeness (QED) is 0.758. The Morgan fingerprint density at radius 3 is 2.82 bits per heavy atom. The number of fused-ring (bicyclic) bond motifs is 1. The highest BCUT2D eigenvalue weighted by molar-refractivity contribution is 6.30. The average molecular weight is 310 g/mol. The predicted octanol–water partition coefficient (Wildman–Crippen LogP) is 4.20. The lowest BCUT2D eigenvalue weighted by Gasteiger charge is -2.14. The SMILES string of the molecule is CC1=c2ccc(C=Cc3ccnc(Cl)c3C)cc2=CCC1C. The summed E-state index contributed by atoms with van der Waals surface area (Å²) in [4.78, 5) is 4.09. The van der Waals surface area contributed by atoms with Crippen LogP contribution < -0.4 is 10.4 Å². The summed E-state index contributed by atoms with van der Waals surface area (Å²) >= 11 is 6.07. The fourth-order valence-corrected chi connectivity index (χ4v) is 3.01. The highest BCUT2D eigenvalue weighted by atomic mass is 35.5. The van der Waals surface area contributed by atoms with Gasteiger partial charge in [-0.05, 0) is 65.4 Å². The standard InChI is InChI=1S/C20H20ClN/c1-13-4-7-18-12-16(6-9-19(18)14(13)2)5-8-17-10-11-22-20(21)15(17)3/h5-13H,4H2,1-3H3. The molecule has 2 aromatic rings. The fraction of sp³-hybridized carbons (Fsp3) is 0.250. The van der Waals surface area contributed by atoms with Crippen molar-refractivity contribution in [3.63, 3.8) is 0 Å². The van der Waals surface area contributed by atoms with E-state index in [2.05, 4.69) is 55.3 Å². The first-order chi connectivity index (χ1) is 10.6. The van der Waals surface area contributed by atoms with Crippen LogP contribution in [-0.4, -0.2) is 4.98 Å². The van der Waals surface area contributed by atoms with Gasteiger partial charge in [0.05, 0.1) is 0 Å². The maximum absolute atomic E-state index is 6.07. The van der Waals surface area contributed by atoms with E-state index >= 15 is 0 Å². The molecule has 22 heavy (non-hydrogen) atoms. The molecule has 0 saturated heterocycles. The average Bonchev–Trinajstić information content (AvgIpc) is 2.52. The predicted molar refractivity (Wildman–Crippen MR) is 95.9 cm³/mol. The number of aromatic nitrogens is 1. The van der Waals surface area contributed by atoms with Gasteiger partial charge in [-0.15, -0.1) is 0 Å². The third-order valence-electron chi connectivity index (χ3n) is 4.57. The summed E-state index contributed by atoms with van der Waals surface area (Å²) in [6.07, 6.45) is 9.46. The zero-order valence-electron chi connectivity index (χ0n) is 13.2. The lowest BCUT2D eigenvalue weighted by atomic mass is 9.91. The first kappa shape index (κ1) is 15.1. The number of hydrogen-bond acceptors (Lipinski definition) is 1. The number of halogens is 1. The Morgan fingerprint density at radius 2 is 2.00 bits per heavy atom. The minimum absolute atomic E-state index is 0.570. The summed E-state index contributed by atoms with van der Waals surface area (Å²) in [5.74, 6) is 0.649. The molecule has 0 saturated carbocycles. The maximum atomic E-state index is 6.07. The largest absolute Gasteiger partial charge is 0.244 e. The molecule has 2 heteroatoms. The summed E-state index contributed by atoms with van der Waals surface area (Å²) in [7, 11) is 0. The fourth-order valence-electron chi connectivity index (χ4n) is 2.85. The number of nitrogens with zero attached hydrogens (tertiary/aromatic N) is 1. The Hall–Kier alpha value is -1.86. The smallest absolute Gasteiger partial charge is 0.132 e. The van der Waals surface area contributed by atoms with Gasteiger partial charge in [0.2, 0.25) is 0 Å². The lowest BCUT2D eigenvalue weighted by Crippen LogP contribution is -2.31. The lowest BCUT2D eigenvalue weighted by molar-refractivity contribution is 0.766. The topological polar surface area (TPSA) is 12.9 Å². The van der Waals surface area contributed by atoms with E-state index in [0.717, 1.165) is 17.5 Å². The monoisotopic (exact) mass is 309 g/mol. The van der Waals surface area contributed by atoms with E-state index in [0.29, 0.717) is 11.1 Å². The van der Waals surface area contributed by atoms with Crippen molar-refractivity contribution in [2.24, 2.45) is 5.92 Å². The zero-order chi connectivity index (χ0) is 15.7. The highest BCUT2D eigenvalue weighted by Crippen LogP contribution is 2.19. The first-order valence-corrected chi connectivity index (χ1v) is 8.04. The molecule has 112 valence electrons. The summed E-state index contributed by atoms with van der Waals surface area (Å²) in [6, 6.07) is 8.67. The minimum atomic E-state index is 0.570. The molecule has 0 fully saturated rings. The molecule has 1 aromatic heterocycles. The van der Waals surface area contributed by atoms with Crippen LogP contribution in [0.25, 0.3) is 23.8 Å². The molecule has 0 bridgehead atoms. The van der Waals surface area contributed by atoms with Crippen molar-refractivity contribution >= 4 is 35.4 Å². The number of hydrogen-bond donors (Lipinski definition) is 0. The first-order valence-electron chi connectivity index (χ1n) is 7.66. The van der Waals surface area contributed by atoms with Gasteiger partial charge in [0.25, 0.3) is 0 Å². The molecule has 1 aliphatic rings. The molecule has 0 aliphatic heterocycles. The summed E-state index contributed by atoms with van der Waals surface area (Å²) in [5.41, 5.74) is 4.83. The van der Waals surface area contributed by atoms with Crippen LogP contribution in [0.4, 0.5) is 0 Å². The van der Waals surface area contributed by atoms with E-state index in [1.165, 1.54) is 21.6 Å². The molecule has 1 nitrogen and oxygen atoms in total. The second-order valence-corrected chi connectivity index (χ2v) is 6.38. The van der Waals surface area contributed by atoms with Gasteiger partial charge >= 0.3 is 0 Å². The van der Waals surface area contributed by atoms with Crippen LogP contribution in [0.1, 0.15) is 37.0 Å². The van der Waals surface area contributed by atoms with Crippen LogP contribution in [0.2, 0.25) is 5.15 Å². The van der Waals surface area contributed by atoms with Gasteiger partial charge in [-0.1, -0.05) is 54.5 Å². The van der Waals surface area contributed by atoms with Crippen molar-refractivity contribution in [3.8, 4) is 0 Å². The van der Waals surface area contributed by atoms with Crippen molar-refractivity contribution in [2.75, 3.05) is 0 Å². The van der Waals surface area contributed by atoms with Crippen LogP contribution in [-0.2, 0) is 0 Å². The Balaban J connectivity index is 1.99. The van der Waals surface area contributed by atoms with Crippen molar-refractivity contribution in [1.82, 2.24) is 4.98 Å². The molecule has 1 aliphatic carbocycles. The number of rotatable bonds is 2. The van der Waals surface area contributed by atoms with Gasteiger partial charge in [-0.2, -0.15) is 0 Å². The highest BCUT2D eigenvalue weighted by Gasteiger charge is 2.08. The van der Waals surface area contributed by atoms with Gasteiger partial charge in [-0.25, -0.2) is 4.98 Å². The van der Waals surface area contributed by atoms with E-state index in [1.807, 2.05) is 13.0 Å².